The van der Waals surface area contributed by atoms with Gasteiger partial charge in [0.25, 0.3) is 4.73 Å². The fraction of sp³-hybridized carbons (Fsp3) is 0. The molecular formula is C8H4BrN5O4. The largest absolute Gasteiger partial charge is 0.492 e. The molecule has 9 nitrogen and oxygen atoms in total. The summed E-state index contributed by atoms with van der Waals surface area (Å²) in [6.45, 7) is 0. The number of pyridine rings is 1. The topological polar surface area (TPSA) is 124 Å². The number of hydrogen-bond donors (Lipinski definition) is 1. The molecular weight excluding hydrogens is 310 g/mol. The molecule has 10 heteroatoms. The molecule has 0 saturated heterocycles. The van der Waals surface area contributed by atoms with Crippen molar-refractivity contribution in [1.29, 1.82) is 0 Å². The van der Waals surface area contributed by atoms with E-state index in [1.165, 1.54) is 12.1 Å². The van der Waals surface area contributed by atoms with Gasteiger partial charge < -0.3 is 15.2 Å². The van der Waals surface area contributed by atoms with E-state index in [1.54, 1.807) is 0 Å². The lowest BCUT2D eigenvalue weighted by atomic mass is 10.3. The molecule has 0 aliphatic carbocycles. The van der Waals surface area contributed by atoms with E-state index in [2.05, 4.69) is 31.0 Å². The molecule has 0 bridgehead atoms. The third-order valence-electron chi connectivity index (χ3n) is 1.93. The highest BCUT2D eigenvalue weighted by Crippen LogP contribution is 2.16. The van der Waals surface area contributed by atoms with Crippen molar-refractivity contribution in [3.63, 3.8) is 0 Å². The number of carboxylic acid groups (broad SMARTS) is 1. The number of nitro groups is 1. The third-order valence-corrected chi connectivity index (χ3v) is 2.44. The molecule has 0 unspecified atom stereocenters. The molecule has 0 atom stereocenters. The van der Waals surface area contributed by atoms with Gasteiger partial charge in [-0.15, -0.1) is 4.68 Å². The van der Waals surface area contributed by atoms with E-state index in [-0.39, 0.29) is 16.1 Å². The first-order valence-corrected chi connectivity index (χ1v) is 5.25. The van der Waals surface area contributed by atoms with Gasteiger partial charge in [-0.05, 0) is 22.0 Å². The van der Waals surface area contributed by atoms with Crippen LogP contribution in [0.4, 0.5) is 5.95 Å². The van der Waals surface area contributed by atoms with E-state index in [1.807, 2.05) is 0 Å². The molecule has 92 valence electrons. The van der Waals surface area contributed by atoms with E-state index in [0.717, 1.165) is 10.9 Å². The molecule has 2 heterocycles. The zero-order valence-corrected chi connectivity index (χ0v) is 10.1. The van der Waals surface area contributed by atoms with Crippen LogP contribution >= 0.6 is 15.9 Å². The van der Waals surface area contributed by atoms with Crippen LogP contribution in [-0.4, -0.2) is 35.7 Å². The molecule has 1 N–H and O–H groups in total. The summed E-state index contributed by atoms with van der Waals surface area (Å²) in [6, 6.07) is 2.68. The Balaban J connectivity index is 2.42. The monoisotopic (exact) mass is 313 g/mol. The van der Waals surface area contributed by atoms with Gasteiger partial charge in [-0.1, -0.05) is 0 Å². The second-order valence-electron chi connectivity index (χ2n) is 3.06. The van der Waals surface area contributed by atoms with Crippen LogP contribution in [0.5, 0.6) is 0 Å². The fourth-order valence-electron chi connectivity index (χ4n) is 1.14. The molecule has 0 saturated carbocycles. The van der Waals surface area contributed by atoms with Crippen molar-refractivity contribution in [2.45, 2.75) is 0 Å². The molecule has 2 rings (SSSR count). The van der Waals surface area contributed by atoms with E-state index in [4.69, 9.17) is 5.11 Å². The highest BCUT2D eigenvalue weighted by Gasteiger charge is 2.21. The Morgan fingerprint density at radius 1 is 1.50 bits per heavy atom. The summed E-state index contributed by atoms with van der Waals surface area (Å²) in [6.07, 6.45) is 1.12. The molecule has 0 amide bonds. The number of carboxylic acids is 1. The summed E-state index contributed by atoms with van der Waals surface area (Å²) in [4.78, 5) is 27.8. The van der Waals surface area contributed by atoms with Crippen molar-refractivity contribution in [3.05, 3.63) is 38.7 Å². The van der Waals surface area contributed by atoms with E-state index in [9.17, 15) is 14.9 Å². The van der Waals surface area contributed by atoms with Crippen LogP contribution in [0.25, 0.3) is 5.82 Å². The SMILES string of the molecule is O=C(O)c1ccc(-n2nc([N+](=O)[O-])nc2Br)nc1. The first-order chi connectivity index (χ1) is 8.49. The van der Waals surface area contributed by atoms with Gasteiger partial charge in [0, 0.05) is 27.2 Å². The average molecular weight is 314 g/mol. The van der Waals surface area contributed by atoms with Gasteiger partial charge in [-0.3, -0.25) is 0 Å². The highest BCUT2D eigenvalue weighted by molar-refractivity contribution is 9.10. The predicted molar refractivity (Wildman–Crippen MR) is 60.5 cm³/mol. The molecule has 0 aromatic carbocycles. The Morgan fingerprint density at radius 2 is 2.22 bits per heavy atom. The van der Waals surface area contributed by atoms with Crippen molar-refractivity contribution in [3.8, 4) is 5.82 Å². The van der Waals surface area contributed by atoms with Crippen molar-refractivity contribution in [2.24, 2.45) is 0 Å². The smallest absolute Gasteiger partial charge is 0.478 e. The lowest BCUT2D eigenvalue weighted by Gasteiger charge is -1.97. The van der Waals surface area contributed by atoms with Crippen molar-refractivity contribution in [2.75, 3.05) is 0 Å². The number of aromatic nitrogens is 4. The Labute approximate surface area is 107 Å². The number of nitrogens with zero attached hydrogens (tertiary/aromatic N) is 5. The Hall–Kier alpha value is -2.36. The maximum atomic E-state index is 10.6. The van der Waals surface area contributed by atoms with Crippen LogP contribution in [0.3, 0.4) is 0 Å². The summed E-state index contributed by atoms with van der Waals surface area (Å²) in [5.74, 6) is -1.48. The van der Waals surface area contributed by atoms with Gasteiger partial charge in [-0.25, -0.2) is 9.78 Å². The summed E-state index contributed by atoms with van der Waals surface area (Å²) < 4.78 is 1.19. The summed E-state index contributed by atoms with van der Waals surface area (Å²) in [7, 11) is 0. The van der Waals surface area contributed by atoms with Gasteiger partial charge in [0.2, 0.25) is 0 Å². The van der Waals surface area contributed by atoms with Crippen LogP contribution in [0.15, 0.2) is 23.1 Å². The number of hydrogen-bond acceptors (Lipinski definition) is 6. The first-order valence-electron chi connectivity index (χ1n) is 4.45. The van der Waals surface area contributed by atoms with Gasteiger partial charge >= 0.3 is 11.9 Å². The molecule has 0 radical (unpaired) electrons. The number of aromatic carboxylic acids is 1. The van der Waals surface area contributed by atoms with Crippen molar-refractivity contribution < 1.29 is 14.8 Å². The second kappa shape index (κ2) is 4.49. The van der Waals surface area contributed by atoms with E-state index in [0.29, 0.717) is 0 Å². The predicted octanol–water partition coefficient (Wildman–Crippen LogP) is 1.03. The Kier molecular flexibility index (Phi) is 3.02. The Morgan fingerprint density at radius 3 is 2.67 bits per heavy atom. The van der Waals surface area contributed by atoms with Gasteiger partial charge in [0.15, 0.2) is 5.82 Å². The zero-order valence-electron chi connectivity index (χ0n) is 8.52. The van der Waals surface area contributed by atoms with Crippen LogP contribution in [-0.2, 0) is 0 Å². The minimum atomic E-state index is -1.11. The molecule has 18 heavy (non-hydrogen) atoms. The number of rotatable bonds is 3. The van der Waals surface area contributed by atoms with Gasteiger partial charge in [0.05, 0.1) is 5.56 Å². The summed E-state index contributed by atoms with van der Waals surface area (Å²) >= 11 is 3.00. The maximum Gasteiger partial charge on any atom is 0.492 e. The van der Waals surface area contributed by atoms with Crippen LogP contribution in [0.1, 0.15) is 10.4 Å². The van der Waals surface area contributed by atoms with E-state index >= 15 is 0 Å². The molecule has 0 fully saturated rings. The first kappa shape index (κ1) is 12.1. The standard InChI is InChI=1S/C8H4BrN5O4/c9-7-11-8(14(17)18)12-13(7)5-2-1-4(3-10-5)6(15)16/h1-3H,(H,15,16). The lowest BCUT2D eigenvalue weighted by Crippen LogP contribution is -2.03. The molecule has 0 aliphatic heterocycles. The lowest BCUT2D eigenvalue weighted by molar-refractivity contribution is -0.394. The van der Waals surface area contributed by atoms with Gasteiger partial charge in [0.1, 0.15) is 0 Å². The van der Waals surface area contributed by atoms with Crippen LogP contribution in [0.2, 0.25) is 0 Å². The number of halogens is 1. The average Bonchev–Trinajstić information content (AvgIpc) is 2.71. The zero-order chi connectivity index (χ0) is 13.3. The molecule has 0 spiro atoms. The van der Waals surface area contributed by atoms with E-state index < -0.39 is 16.8 Å². The van der Waals surface area contributed by atoms with Crippen molar-refractivity contribution in [1.82, 2.24) is 19.7 Å². The second-order valence-corrected chi connectivity index (χ2v) is 3.77. The fourth-order valence-corrected chi connectivity index (χ4v) is 1.56. The molecule has 2 aromatic rings. The summed E-state index contributed by atoms with van der Waals surface area (Å²) in [5, 5.41) is 22.8. The highest BCUT2D eigenvalue weighted by atomic mass is 79.9. The van der Waals surface area contributed by atoms with Crippen molar-refractivity contribution >= 4 is 27.8 Å². The molecule has 2 aromatic heterocycles. The number of carbonyl (C=O) groups is 1. The maximum absolute atomic E-state index is 10.6. The minimum Gasteiger partial charge on any atom is -0.478 e. The summed E-state index contributed by atoms with van der Waals surface area (Å²) in [5.41, 5.74) is 0.00416. The van der Waals surface area contributed by atoms with Crippen LogP contribution < -0.4 is 0 Å². The Bertz CT molecular complexity index is 623. The van der Waals surface area contributed by atoms with Crippen LogP contribution in [0, 0.1) is 10.1 Å². The third kappa shape index (κ3) is 2.18. The van der Waals surface area contributed by atoms with Gasteiger partial charge in [-0.2, -0.15) is 0 Å². The molecule has 0 aliphatic rings. The normalized spacial score (nSPS) is 10.3. The quantitative estimate of drug-likeness (QED) is 0.662. The minimum absolute atomic E-state index is 0.00416.